The van der Waals surface area contributed by atoms with Crippen molar-refractivity contribution in [2.75, 3.05) is 11.5 Å². The number of halogens is 1. The third-order valence-corrected chi connectivity index (χ3v) is 2.01. The van der Waals surface area contributed by atoms with E-state index in [2.05, 4.69) is 24.5 Å². The van der Waals surface area contributed by atoms with Gasteiger partial charge < -0.3 is 5.73 Å². The first-order chi connectivity index (χ1) is 7.56. The Morgan fingerprint density at radius 1 is 1.56 bits per heavy atom. The monoisotopic (exact) mass is 240 g/mol. The quantitative estimate of drug-likeness (QED) is 0.273. The van der Waals surface area contributed by atoms with Crippen molar-refractivity contribution in [3.05, 3.63) is 33.6 Å². The first kappa shape index (κ1) is 12.3. The van der Waals surface area contributed by atoms with E-state index in [1.165, 1.54) is 0 Å². The van der Waals surface area contributed by atoms with Gasteiger partial charge in [-0.2, -0.15) is 12.6 Å². The molecule has 84 valence electrons. The number of anilines is 1. The molecule has 0 aromatic heterocycles. The topological polar surface area (TPSA) is 69.2 Å². The lowest BCUT2D eigenvalue weighted by molar-refractivity contribution is -0.385. The van der Waals surface area contributed by atoms with Gasteiger partial charge in [-0.15, -0.1) is 0 Å². The highest BCUT2D eigenvalue weighted by atomic mass is 32.1. The van der Waals surface area contributed by atoms with E-state index in [1.807, 2.05) is 0 Å². The number of nitrogen functional groups attached to an aromatic ring is 1. The van der Waals surface area contributed by atoms with Gasteiger partial charge in [-0.3, -0.25) is 10.1 Å². The Hall–Kier alpha value is -1.74. The van der Waals surface area contributed by atoms with Gasteiger partial charge >= 0.3 is 0 Å². The van der Waals surface area contributed by atoms with Crippen molar-refractivity contribution in [1.82, 2.24) is 0 Å². The third-order valence-electron chi connectivity index (χ3n) is 1.78. The number of thiol groups is 1. The van der Waals surface area contributed by atoms with Gasteiger partial charge in [0.05, 0.1) is 22.2 Å². The summed E-state index contributed by atoms with van der Waals surface area (Å²) in [5.74, 6) is 5.00. The van der Waals surface area contributed by atoms with Crippen molar-refractivity contribution in [2.24, 2.45) is 0 Å². The molecular weight excluding hydrogens is 231 g/mol. The minimum Gasteiger partial charge on any atom is -0.395 e. The number of benzene rings is 1. The van der Waals surface area contributed by atoms with Crippen LogP contribution in [-0.4, -0.2) is 10.7 Å². The van der Waals surface area contributed by atoms with Crippen molar-refractivity contribution >= 4 is 24.0 Å². The highest BCUT2D eigenvalue weighted by Crippen LogP contribution is 2.22. The summed E-state index contributed by atoms with van der Waals surface area (Å²) >= 11 is 3.95. The van der Waals surface area contributed by atoms with Gasteiger partial charge in [-0.1, -0.05) is 11.8 Å². The smallest absolute Gasteiger partial charge is 0.273 e. The van der Waals surface area contributed by atoms with Gasteiger partial charge in [-0.25, -0.2) is 4.39 Å². The second-order valence-corrected chi connectivity index (χ2v) is 3.37. The van der Waals surface area contributed by atoms with Crippen LogP contribution in [0.15, 0.2) is 12.1 Å². The Labute approximate surface area is 97.2 Å². The predicted molar refractivity (Wildman–Crippen MR) is 62.8 cm³/mol. The van der Waals surface area contributed by atoms with Gasteiger partial charge in [0.25, 0.3) is 5.69 Å². The molecule has 0 unspecified atom stereocenters. The molecule has 1 aromatic carbocycles. The molecule has 6 heteroatoms. The molecule has 0 saturated heterocycles. The van der Waals surface area contributed by atoms with Crippen LogP contribution in [0.1, 0.15) is 12.0 Å². The van der Waals surface area contributed by atoms with Crippen LogP contribution in [0.2, 0.25) is 0 Å². The highest BCUT2D eigenvalue weighted by molar-refractivity contribution is 7.80. The Morgan fingerprint density at radius 2 is 2.25 bits per heavy atom. The Balaban J connectivity index is 3.18. The minimum atomic E-state index is -0.829. The van der Waals surface area contributed by atoms with Crippen LogP contribution in [0.4, 0.5) is 15.8 Å². The SMILES string of the molecule is Nc1c(F)cc([N+](=O)[O-])cc1C#CCCS. The van der Waals surface area contributed by atoms with Crippen LogP contribution in [-0.2, 0) is 0 Å². The summed E-state index contributed by atoms with van der Waals surface area (Å²) in [5, 5.41) is 10.5. The van der Waals surface area contributed by atoms with Crippen LogP contribution in [0.25, 0.3) is 0 Å². The number of nitrogens with zero attached hydrogens (tertiary/aromatic N) is 1. The molecule has 0 fully saturated rings. The van der Waals surface area contributed by atoms with E-state index in [0.717, 1.165) is 12.1 Å². The fraction of sp³-hybridized carbons (Fsp3) is 0.200. The van der Waals surface area contributed by atoms with Crippen LogP contribution >= 0.6 is 12.6 Å². The number of nitro benzene ring substituents is 1. The maximum absolute atomic E-state index is 13.2. The molecule has 1 aromatic rings. The molecule has 0 aliphatic rings. The summed E-state index contributed by atoms with van der Waals surface area (Å²) in [6.07, 6.45) is 0.507. The zero-order valence-corrected chi connectivity index (χ0v) is 9.13. The number of hydrogen-bond donors (Lipinski definition) is 2. The molecule has 1 rings (SSSR count). The van der Waals surface area contributed by atoms with E-state index in [9.17, 15) is 14.5 Å². The molecule has 0 spiro atoms. The number of nitro groups is 1. The molecule has 0 aliphatic heterocycles. The summed E-state index contributed by atoms with van der Waals surface area (Å²) in [4.78, 5) is 9.80. The second kappa shape index (κ2) is 5.37. The molecule has 0 radical (unpaired) electrons. The lowest BCUT2D eigenvalue weighted by Crippen LogP contribution is -1.98. The number of hydrogen-bond acceptors (Lipinski definition) is 4. The fourth-order valence-electron chi connectivity index (χ4n) is 1.03. The van der Waals surface area contributed by atoms with E-state index in [-0.39, 0.29) is 16.9 Å². The van der Waals surface area contributed by atoms with E-state index in [1.54, 1.807) is 0 Å². The average molecular weight is 240 g/mol. The van der Waals surface area contributed by atoms with E-state index in [4.69, 9.17) is 5.73 Å². The molecule has 0 saturated carbocycles. The molecule has 0 bridgehead atoms. The Bertz CT molecular complexity index is 480. The molecular formula is C10H9FN2O2S. The normalized spacial score (nSPS) is 9.38. The summed E-state index contributed by atoms with van der Waals surface area (Å²) < 4.78 is 13.2. The second-order valence-electron chi connectivity index (χ2n) is 2.92. The molecule has 0 amide bonds. The standard InChI is InChI=1S/C10H9FN2O2S/c11-9-6-8(13(14)15)5-7(10(9)12)3-1-2-4-16/h5-6,16H,2,4,12H2. The first-order valence-electron chi connectivity index (χ1n) is 4.39. The van der Waals surface area contributed by atoms with E-state index >= 15 is 0 Å². The van der Waals surface area contributed by atoms with Crippen LogP contribution in [0.5, 0.6) is 0 Å². The van der Waals surface area contributed by atoms with Crippen molar-refractivity contribution in [3.63, 3.8) is 0 Å². The number of rotatable bonds is 2. The van der Waals surface area contributed by atoms with Crippen LogP contribution < -0.4 is 5.73 Å². The van der Waals surface area contributed by atoms with Crippen molar-refractivity contribution < 1.29 is 9.31 Å². The molecule has 0 atom stereocenters. The highest BCUT2D eigenvalue weighted by Gasteiger charge is 2.13. The minimum absolute atomic E-state index is 0.133. The molecule has 4 nitrogen and oxygen atoms in total. The number of non-ortho nitro benzene ring substituents is 1. The van der Waals surface area contributed by atoms with E-state index < -0.39 is 10.7 Å². The summed E-state index contributed by atoms with van der Waals surface area (Å²) in [5.41, 5.74) is 5.02. The average Bonchev–Trinajstić information content (AvgIpc) is 2.24. The lowest BCUT2D eigenvalue weighted by Gasteiger charge is -2.00. The summed E-state index contributed by atoms with van der Waals surface area (Å²) in [6, 6.07) is 1.93. The van der Waals surface area contributed by atoms with Crippen LogP contribution in [0, 0.1) is 27.8 Å². The van der Waals surface area contributed by atoms with Crippen molar-refractivity contribution in [2.45, 2.75) is 6.42 Å². The molecule has 0 heterocycles. The van der Waals surface area contributed by atoms with Gasteiger partial charge in [0, 0.05) is 18.2 Å². The Morgan fingerprint density at radius 3 is 2.81 bits per heavy atom. The summed E-state index contributed by atoms with van der Waals surface area (Å²) in [7, 11) is 0. The molecule has 2 N–H and O–H groups in total. The maximum Gasteiger partial charge on any atom is 0.273 e. The van der Waals surface area contributed by atoms with E-state index in [0.29, 0.717) is 12.2 Å². The van der Waals surface area contributed by atoms with Gasteiger partial charge in [0.2, 0.25) is 0 Å². The summed E-state index contributed by atoms with van der Waals surface area (Å²) in [6.45, 7) is 0. The molecule has 0 aliphatic carbocycles. The van der Waals surface area contributed by atoms with Gasteiger partial charge in [0.15, 0.2) is 5.82 Å². The lowest BCUT2D eigenvalue weighted by atomic mass is 10.1. The van der Waals surface area contributed by atoms with Crippen molar-refractivity contribution in [1.29, 1.82) is 0 Å². The number of nitrogens with two attached hydrogens (primary N) is 1. The van der Waals surface area contributed by atoms with Gasteiger partial charge in [-0.05, 0) is 0 Å². The zero-order valence-electron chi connectivity index (χ0n) is 8.24. The maximum atomic E-state index is 13.2. The molecule has 16 heavy (non-hydrogen) atoms. The third kappa shape index (κ3) is 2.87. The van der Waals surface area contributed by atoms with Crippen LogP contribution in [0.3, 0.4) is 0 Å². The Kier molecular flexibility index (Phi) is 4.14. The zero-order chi connectivity index (χ0) is 12.1. The van der Waals surface area contributed by atoms with Gasteiger partial charge in [0.1, 0.15) is 0 Å². The predicted octanol–water partition coefficient (Wildman–Crippen LogP) is 1.99. The van der Waals surface area contributed by atoms with Crippen molar-refractivity contribution in [3.8, 4) is 11.8 Å². The fourth-order valence-corrected chi connectivity index (χ4v) is 1.14. The largest absolute Gasteiger partial charge is 0.395 e. The first-order valence-corrected chi connectivity index (χ1v) is 5.02.